The van der Waals surface area contributed by atoms with Crippen LogP contribution in [0.1, 0.15) is 18.9 Å². The number of aliphatic hydroxyl groups excluding tert-OH is 1. The summed E-state index contributed by atoms with van der Waals surface area (Å²) in [7, 11) is 0. The highest BCUT2D eigenvalue weighted by Gasteiger charge is 2.39. The lowest BCUT2D eigenvalue weighted by atomic mass is 10.1. The molecule has 2 atom stereocenters. The van der Waals surface area contributed by atoms with Gasteiger partial charge in [-0.05, 0) is 30.2 Å². The van der Waals surface area contributed by atoms with Gasteiger partial charge in [0.05, 0.1) is 6.10 Å². The molecule has 6 nitrogen and oxygen atoms in total. The second-order valence-corrected chi connectivity index (χ2v) is 5.90. The van der Waals surface area contributed by atoms with Crippen LogP contribution in [0.2, 0.25) is 0 Å². The number of aliphatic carboxylic acids is 1. The number of hydrogen-bond donors (Lipinski definition) is 3. The molecule has 21 heavy (non-hydrogen) atoms. The molecule has 0 aliphatic carbocycles. The lowest BCUT2D eigenvalue weighted by Crippen LogP contribution is -2.43. The average molecular weight is 357 g/mol. The van der Waals surface area contributed by atoms with Crippen LogP contribution in [0, 0.1) is 0 Å². The van der Waals surface area contributed by atoms with Crippen LogP contribution < -0.4 is 5.32 Å². The van der Waals surface area contributed by atoms with Crippen molar-refractivity contribution in [2.45, 2.75) is 31.9 Å². The Morgan fingerprint density at radius 2 is 2.19 bits per heavy atom. The number of urea groups is 1. The van der Waals surface area contributed by atoms with Crippen molar-refractivity contribution in [3.8, 4) is 0 Å². The van der Waals surface area contributed by atoms with Crippen LogP contribution in [-0.4, -0.2) is 45.8 Å². The number of anilines is 1. The van der Waals surface area contributed by atoms with Gasteiger partial charge in [-0.3, -0.25) is 0 Å². The predicted molar refractivity (Wildman–Crippen MR) is 81.3 cm³/mol. The molecule has 114 valence electrons. The van der Waals surface area contributed by atoms with E-state index in [9.17, 15) is 14.7 Å². The van der Waals surface area contributed by atoms with Gasteiger partial charge < -0.3 is 20.4 Å². The Bertz CT molecular complexity index is 564. The van der Waals surface area contributed by atoms with Gasteiger partial charge in [0.25, 0.3) is 0 Å². The molecule has 1 saturated heterocycles. The summed E-state index contributed by atoms with van der Waals surface area (Å²) in [6.45, 7) is 2.00. The first-order valence-corrected chi connectivity index (χ1v) is 7.48. The second kappa shape index (κ2) is 6.44. The van der Waals surface area contributed by atoms with Crippen molar-refractivity contribution in [1.29, 1.82) is 0 Å². The predicted octanol–water partition coefficient (Wildman–Crippen LogP) is 2.06. The Kier molecular flexibility index (Phi) is 4.84. The molecule has 0 spiro atoms. The lowest BCUT2D eigenvalue weighted by molar-refractivity contribution is -0.141. The summed E-state index contributed by atoms with van der Waals surface area (Å²) in [4.78, 5) is 24.6. The first kappa shape index (κ1) is 15.8. The molecule has 1 aliphatic rings. The topological polar surface area (TPSA) is 89.9 Å². The maximum Gasteiger partial charge on any atom is 0.326 e. The third-order valence-electron chi connectivity index (χ3n) is 3.51. The summed E-state index contributed by atoms with van der Waals surface area (Å²) in [6.07, 6.45) is -0.00329. The fourth-order valence-corrected chi connectivity index (χ4v) is 2.84. The number of rotatable bonds is 3. The minimum atomic E-state index is -1.10. The normalized spacial score (nSPS) is 21.4. The number of nitrogens with zero attached hydrogens (tertiary/aromatic N) is 1. The van der Waals surface area contributed by atoms with E-state index in [4.69, 9.17) is 5.11 Å². The summed E-state index contributed by atoms with van der Waals surface area (Å²) in [5.74, 6) is -1.10. The molecule has 2 amide bonds. The van der Waals surface area contributed by atoms with Gasteiger partial charge in [0.15, 0.2) is 0 Å². The Morgan fingerprint density at radius 1 is 1.48 bits per heavy atom. The zero-order chi connectivity index (χ0) is 15.6. The number of hydrogen-bond acceptors (Lipinski definition) is 3. The fraction of sp³-hybridized carbons (Fsp3) is 0.429. The van der Waals surface area contributed by atoms with Crippen molar-refractivity contribution in [2.24, 2.45) is 0 Å². The number of carboxylic acid groups (broad SMARTS) is 1. The van der Waals surface area contributed by atoms with Crippen LogP contribution >= 0.6 is 15.9 Å². The summed E-state index contributed by atoms with van der Waals surface area (Å²) in [5, 5.41) is 21.4. The highest BCUT2D eigenvalue weighted by atomic mass is 79.9. The lowest BCUT2D eigenvalue weighted by Gasteiger charge is -2.22. The van der Waals surface area contributed by atoms with E-state index in [1.807, 2.05) is 19.1 Å². The molecule has 1 aromatic rings. The molecule has 0 saturated carbocycles. The SMILES string of the molecule is CCc1cc(Br)ccc1NC(=O)N1CC(O)C[C@H]1C(=O)O. The van der Waals surface area contributed by atoms with E-state index in [0.29, 0.717) is 5.69 Å². The van der Waals surface area contributed by atoms with E-state index >= 15 is 0 Å². The van der Waals surface area contributed by atoms with Gasteiger partial charge in [-0.1, -0.05) is 22.9 Å². The van der Waals surface area contributed by atoms with Crippen molar-refractivity contribution in [3.05, 3.63) is 28.2 Å². The molecule has 0 bridgehead atoms. The average Bonchev–Trinajstić information content (AvgIpc) is 2.83. The largest absolute Gasteiger partial charge is 0.480 e. The number of carboxylic acids is 1. The number of benzene rings is 1. The smallest absolute Gasteiger partial charge is 0.326 e. The minimum absolute atomic E-state index is 0.0286. The molecule has 3 N–H and O–H groups in total. The minimum Gasteiger partial charge on any atom is -0.480 e. The summed E-state index contributed by atoms with van der Waals surface area (Å²) >= 11 is 3.37. The van der Waals surface area contributed by atoms with Crippen LogP contribution in [0.3, 0.4) is 0 Å². The third kappa shape index (κ3) is 3.54. The maximum atomic E-state index is 12.3. The van der Waals surface area contributed by atoms with Crippen molar-refractivity contribution in [2.75, 3.05) is 11.9 Å². The molecule has 2 rings (SSSR count). The number of aliphatic hydroxyl groups is 1. The zero-order valence-electron chi connectivity index (χ0n) is 11.5. The van der Waals surface area contributed by atoms with Crippen molar-refractivity contribution < 1.29 is 19.8 Å². The van der Waals surface area contributed by atoms with Gasteiger partial charge in [0.1, 0.15) is 6.04 Å². The van der Waals surface area contributed by atoms with Gasteiger partial charge in [-0.2, -0.15) is 0 Å². The van der Waals surface area contributed by atoms with E-state index in [1.54, 1.807) is 6.07 Å². The summed E-state index contributed by atoms with van der Waals surface area (Å²) < 4.78 is 0.914. The van der Waals surface area contributed by atoms with E-state index in [2.05, 4.69) is 21.2 Å². The molecule has 1 fully saturated rings. The fourth-order valence-electron chi connectivity index (χ4n) is 2.44. The van der Waals surface area contributed by atoms with Gasteiger partial charge in [-0.15, -0.1) is 0 Å². The maximum absolute atomic E-state index is 12.3. The Balaban J connectivity index is 2.16. The van der Waals surface area contributed by atoms with E-state index in [1.165, 1.54) is 0 Å². The molecule has 0 aromatic heterocycles. The molecular weight excluding hydrogens is 340 g/mol. The molecule has 0 radical (unpaired) electrons. The number of halogens is 1. The Hall–Kier alpha value is -1.60. The molecule has 1 aromatic carbocycles. The highest BCUT2D eigenvalue weighted by molar-refractivity contribution is 9.10. The van der Waals surface area contributed by atoms with Crippen molar-refractivity contribution in [1.82, 2.24) is 4.90 Å². The second-order valence-electron chi connectivity index (χ2n) is 4.98. The van der Waals surface area contributed by atoms with E-state index < -0.39 is 24.1 Å². The quantitative estimate of drug-likeness (QED) is 0.773. The van der Waals surface area contributed by atoms with Gasteiger partial charge in [-0.25, -0.2) is 9.59 Å². The molecule has 7 heteroatoms. The molecule has 1 aliphatic heterocycles. The Morgan fingerprint density at radius 3 is 2.81 bits per heavy atom. The zero-order valence-corrected chi connectivity index (χ0v) is 13.1. The molecule has 1 unspecified atom stereocenters. The summed E-state index contributed by atoms with van der Waals surface area (Å²) in [6, 6.07) is 3.99. The number of likely N-dealkylation sites (tertiary alicyclic amines) is 1. The van der Waals surface area contributed by atoms with E-state index in [0.717, 1.165) is 21.4 Å². The number of β-amino-alcohol motifs (C(OH)–C–C–N with tert-alkyl or cyclic N) is 1. The summed E-state index contributed by atoms with van der Waals surface area (Å²) in [5.41, 5.74) is 1.60. The van der Waals surface area contributed by atoms with E-state index in [-0.39, 0.29) is 13.0 Å². The number of amides is 2. The van der Waals surface area contributed by atoms with Gasteiger partial charge >= 0.3 is 12.0 Å². The van der Waals surface area contributed by atoms with Crippen molar-refractivity contribution >= 4 is 33.6 Å². The van der Waals surface area contributed by atoms with Crippen LogP contribution in [0.15, 0.2) is 22.7 Å². The first-order valence-electron chi connectivity index (χ1n) is 6.69. The number of carbonyl (C=O) groups is 2. The van der Waals surface area contributed by atoms with Crippen LogP contribution in [0.25, 0.3) is 0 Å². The van der Waals surface area contributed by atoms with Crippen LogP contribution in [0.4, 0.5) is 10.5 Å². The standard InChI is InChI=1S/C14H17BrN2O4/c1-2-8-5-9(15)3-4-11(8)16-14(21)17-7-10(18)6-12(17)13(19)20/h3-5,10,12,18H,2,6-7H2,1H3,(H,16,21)(H,19,20)/t10?,12-/m0/s1. The molecular formula is C14H17BrN2O4. The number of carbonyl (C=O) groups excluding carboxylic acids is 1. The van der Waals surface area contributed by atoms with Gasteiger partial charge in [0, 0.05) is 23.1 Å². The van der Waals surface area contributed by atoms with Crippen molar-refractivity contribution in [3.63, 3.8) is 0 Å². The van der Waals surface area contributed by atoms with Crippen LogP contribution in [-0.2, 0) is 11.2 Å². The van der Waals surface area contributed by atoms with Gasteiger partial charge in [0.2, 0.25) is 0 Å². The Labute approximate surface area is 130 Å². The number of aryl methyl sites for hydroxylation is 1. The van der Waals surface area contributed by atoms with Crippen LogP contribution in [0.5, 0.6) is 0 Å². The first-order chi connectivity index (χ1) is 9.92. The number of nitrogens with one attached hydrogen (secondary N) is 1. The molecule has 1 heterocycles. The monoisotopic (exact) mass is 356 g/mol. The highest BCUT2D eigenvalue weighted by Crippen LogP contribution is 2.24. The third-order valence-corrected chi connectivity index (χ3v) is 4.01.